The summed E-state index contributed by atoms with van der Waals surface area (Å²) in [4.78, 5) is 3.98. The molecule has 0 N–H and O–H groups in total. The number of nitrogens with zero attached hydrogens (tertiary/aromatic N) is 10. The first-order chi connectivity index (χ1) is 14.5. The maximum Gasteiger partial charge on any atom is 0.453 e. The molecule has 0 aromatic carbocycles. The Kier molecular flexibility index (Phi) is 4.22. The summed E-state index contributed by atoms with van der Waals surface area (Å²) in [5.74, 6) is 0.652. The van der Waals surface area contributed by atoms with Crippen LogP contribution in [-0.2, 0) is 6.18 Å². The lowest BCUT2D eigenvalue weighted by Gasteiger charge is -2.35. The molecule has 0 bridgehead atoms. The molecule has 0 unspecified atom stereocenters. The summed E-state index contributed by atoms with van der Waals surface area (Å²) in [5.41, 5.74) is 0.0530. The van der Waals surface area contributed by atoms with E-state index >= 15 is 0 Å². The fourth-order valence-corrected chi connectivity index (χ4v) is 3.30. The van der Waals surface area contributed by atoms with Gasteiger partial charge in [-0.3, -0.25) is 0 Å². The van der Waals surface area contributed by atoms with Gasteiger partial charge in [0.15, 0.2) is 17.3 Å². The summed E-state index contributed by atoms with van der Waals surface area (Å²) in [6.45, 7) is 2.41. The molecule has 5 heterocycles. The summed E-state index contributed by atoms with van der Waals surface area (Å²) >= 11 is 0. The molecule has 4 aromatic rings. The molecule has 0 saturated carbocycles. The van der Waals surface area contributed by atoms with E-state index in [4.69, 9.17) is 0 Å². The van der Waals surface area contributed by atoms with Crippen LogP contribution >= 0.6 is 0 Å². The number of piperazine rings is 1. The standard InChI is InChI=1S/C17H15F3N10/c18-17(19,20)16-25-24-14-4-5-15(26-30(14)16)28-10-8-27(9-11-28)12-2-3-13(23-22-12)29-7-1-6-21-29/h1-7H,8-11H2. The van der Waals surface area contributed by atoms with Crippen molar-refractivity contribution in [3.8, 4) is 5.82 Å². The van der Waals surface area contributed by atoms with Crippen LogP contribution < -0.4 is 9.80 Å². The summed E-state index contributed by atoms with van der Waals surface area (Å²) in [7, 11) is 0. The van der Waals surface area contributed by atoms with Crippen LogP contribution in [0.4, 0.5) is 24.8 Å². The van der Waals surface area contributed by atoms with Crippen LogP contribution in [0.3, 0.4) is 0 Å². The maximum absolute atomic E-state index is 13.1. The van der Waals surface area contributed by atoms with Crippen molar-refractivity contribution in [1.82, 2.24) is 39.8 Å². The summed E-state index contributed by atoms with van der Waals surface area (Å²) in [5, 5.41) is 23.4. The Bertz CT molecular complexity index is 1140. The number of halogens is 3. The van der Waals surface area contributed by atoms with E-state index in [1.54, 1.807) is 29.2 Å². The molecule has 1 aliphatic rings. The first-order valence-corrected chi connectivity index (χ1v) is 9.12. The maximum atomic E-state index is 13.1. The molecule has 30 heavy (non-hydrogen) atoms. The number of rotatable bonds is 3. The lowest BCUT2D eigenvalue weighted by Crippen LogP contribution is -2.47. The van der Waals surface area contributed by atoms with Crippen LogP contribution in [0.25, 0.3) is 11.5 Å². The molecule has 154 valence electrons. The molecular weight excluding hydrogens is 401 g/mol. The Morgan fingerprint density at radius 2 is 1.43 bits per heavy atom. The number of hydrogen-bond acceptors (Lipinski definition) is 8. The highest BCUT2D eigenvalue weighted by atomic mass is 19.4. The Balaban J connectivity index is 1.30. The van der Waals surface area contributed by atoms with Crippen molar-refractivity contribution in [3.63, 3.8) is 0 Å². The predicted octanol–water partition coefficient (Wildman–Crippen LogP) is 1.45. The number of aromatic nitrogens is 8. The predicted molar refractivity (Wildman–Crippen MR) is 99.4 cm³/mol. The number of anilines is 2. The monoisotopic (exact) mass is 416 g/mol. The van der Waals surface area contributed by atoms with Crippen LogP contribution in [-0.4, -0.2) is 66.0 Å². The number of fused-ring (bicyclic) bond motifs is 1. The minimum Gasteiger partial charge on any atom is -0.352 e. The lowest BCUT2D eigenvalue weighted by atomic mass is 10.3. The van der Waals surface area contributed by atoms with Crippen LogP contribution in [0.15, 0.2) is 42.7 Å². The summed E-state index contributed by atoms with van der Waals surface area (Å²) < 4.78 is 41.6. The SMILES string of the molecule is FC(F)(F)c1nnc2ccc(N3CCN(c4ccc(-n5cccn5)nn4)CC3)nn12. The first-order valence-electron chi connectivity index (χ1n) is 9.12. The first kappa shape index (κ1) is 18.3. The van der Waals surface area contributed by atoms with Gasteiger partial charge < -0.3 is 9.80 Å². The minimum absolute atomic E-state index is 0.0530. The molecule has 0 atom stereocenters. The van der Waals surface area contributed by atoms with E-state index < -0.39 is 12.0 Å². The van der Waals surface area contributed by atoms with Gasteiger partial charge in [0, 0.05) is 38.6 Å². The van der Waals surface area contributed by atoms with Gasteiger partial charge in [0.2, 0.25) is 0 Å². The van der Waals surface area contributed by atoms with Gasteiger partial charge >= 0.3 is 6.18 Å². The van der Waals surface area contributed by atoms with E-state index in [1.807, 2.05) is 17.0 Å². The van der Waals surface area contributed by atoms with Crippen molar-refractivity contribution in [2.75, 3.05) is 36.0 Å². The number of hydrogen-bond donors (Lipinski definition) is 0. The molecule has 0 aliphatic carbocycles. The third-order valence-electron chi connectivity index (χ3n) is 4.81. The second-order valence-electron chi connectivity index (χ2n) is 6.66. The Labute approximate surface area is 167 Å². The van der Waals surface area contributed by atoms with Gasteiger partial charge in [-0.1, -0.05) is 0 Å². The van der Waals surface area contributed by atoms with Gasteiger partial charge in [0.25, 0.3) is 5.82 Å². The van der Waals surface area contributed by atoms with E-state index in [9.17, 15) is 13.2 Å². The summed E-state index contributed by atoms with van der Waals surface area (Å²) in [6.07, 6.45) is -1.17. The second kappa shape index (κ2) is 6.93. The average molecular weight is 416 g/mol. The van der Waals surface area contributed by atoms with Gasteiger partial charge in [-0.2, -0.15) is 22.8 Å². The van der Waals surface area contributed by atoms with Crippen molar-refractivity contribution in [3.05, 3.63) is 48.5 Å². The van der Waals surface area contributed by atoms with Gasteiger partial charge in [0.05, 0.1) is 0 Å². The van der Waals surface area contributed by atoms with E-state index in [2.05, 4.69) is 35.5 Å². The van der Waals surface area contributed by atoms with Gasteiger partial charge in [-0.15, -0.1) is 25.5 Å². The smallest absolute Gasteiger partial charge is 0.352 e. The van der Waals surface area contributed by atoms with E-state index in [0.29, 0.717) is 37.8 Å². The fourth-order valence-electron chi connectivity index (χ4n) is 3.30. The summed E-state index contributed by atoms with van der Waals surface area (Å²) in [6, 6.07) is 8.64. The Morgan fingerprint density at radius 3 is 2.07 bits per heavy atom. The van der Waals surface area contributed by atoms with Crippen molar-refractivity contribution in [2.24, 2.45) is 0 Å². The zero-order chi connectivity index (χ0) is 20.7. The van der Waals surface area contributed by atoms with Crippen molar-refractivity contribution >= 4 is 17.3 Å². The lowest BCUT2D eigenvalue weighted by molar-refractivity contribution is -0.146. The third-order valence-corrected chi connectivity index (χ3v) is 4.81. The molecule has 4 aromatic heterocycles. The molecule has 1 saturated heterocycles. The minimum atomic E-state index is -4.62. The quantitative estimate of drug-likeness (QED) is 0.496. The Morgan fingerprint density at radius 1 is 0.767 bits per heavy atom. The fraction of sp³-hybridized carbons (Fsp3) is 0.294. The van der Waals surface area contributed by atoms with Gasteiger partial charge in [-0.05, 0) is 30.3 Å². The highest BCUT2D eigenvalue weighted by Crippen LogP contribution is 2.28. The molecule has 5 rings (SSSR count). The molecular formula is C17H15F3N10. The highest BCUT2D eigenvalue weighted by molar-refractivity contribution is 5.48. The largest absolute Gasteiger partial charge is 0.453 e. The van der Waals surface area contributed by atoms with Gasteiger partial charge in [-0.25, -0.2) is 4.68 Å². The molecule has 1 fully saturated rings. The van der Waals surface area contributed by atoms with Crippen molar-refractivity contribution in [2.45, 2.75) is 6.18 Å². The second-order valence-corrected chi connectivity index (χ2v) is 6.66. The van der Waals surface area contributed by atoms with Crippen molar-refractivity contribution < 1.29 is 13.2 Å². The van der Waals surface area contributed by atoms with E-state index in [1.165, 1.54) is 6.07 Å². The van der Waals surface area contributed by atoms with Crippen LogP contribution in [0, 0.1) is 0 Å². The normalized spacial score (nSPS) is 15.2. The van der Waals surface area contributed by atoms with Crippen molar-refractivity contribution in [1.29, 1.82) is 0 Å². The van der Waals surface area contributed by atoms with Crippen LogP contribution in [0.1, 0.15) is 5.82 Å². The van der Waals surface area contributed by atoms with E-state index in [-0.39, 0.29) is 5.65 Å². The van der Waals surface area contributed by atoms with E-state index in [0.717, 1.165) is 10.3 Å². The highest BCUT2D eigenvalue weighted by Gasteiger charge is 2.37. The molecule has 13 heteroatoms. The molecule has 0 spiro atoms. The molecule has 1 aliphatic heterocycles. The zero-order valence-electron chi connectivity index (χ0n) is 15.5. The third kappa shape index (κ3) is 3.27. The topological polar surface area (TPSA) is 93.2 Å². The molecule has 0 radical (unpaired) electrons. The van der Waals surface area contributed by atoms with Crippen LogP contribution in [0.5, 0.6) is 0 Å². The van der Waals surface area contributed by atoms with Crippen LogP contribution in [0.2, 0.25) is 0 Å². The Hall–Kier alpha value is -3.77. The molecule has 10 nitrogen and oxygen atoms in total. The van der Waals surface area contributed by atoms with Gasteiger partial charge in [0.1, 0.15) is 5.82 Å². The average Bonchev–Trinajstić information content (AvgIpc) is 3.43. The number of alkyl halides is 3. The zero-order valence-corrected chi connectivity index (χ0v) is 15.5. The molecule has 0 amide bonds.